The molecule has 1 aliphatic rings. The molecule has 0 bridgehead atoms. The number of nitrogens with one attached hydrogen (secondary N) is 1. The van der Waals surface area contributed by atoms with Gasteiger partial charge in [-0.2, -0.15) is 0 Å². The topological polar surface area (TPSA) is 55.4 Å². The van der Waals surface area contributed by atoms with Crippen LogP contribution in [0, 0.1) is 0 Å². The molecule has 0 saturated carbocycles. The van der Waals surface area contributed by atoms with E-state index in [2.05, 4.69) is 11.9 Å². The van der Waals surface area contributed by atoms with Gasteiger partial charge in [-0.05, 0) is 25.5 Å². The number of hydrogen-bond acceptors (Lipinski definition) is 3. The number of amides is 1. The Morgan fingerprint density at radius 2 is 2.29 bits per heavy atom. The van der Waals surface area contributed by atoms with E-state index in [0.717, 1.165) is 11.8 Å². The van der Waals surface area contributed by atoms with Crippen molar-refractivity contribution in [1.29, 1.82) is 0 Å². The van der Waals surface area contributed by atoms with E-state index >= 15 is 0 Å². The lowest BCUT2D eigenvalue weighted by Crippen LogP contribution is -2.34. The molecule has 1 heterocycles. The van der Waals surface area contributed by atoms with Crippen LogP contribution < -0.4 is 10.1 Å². The monoisotopic (exact) mass is 231 g/mol. The van der Waals surface area contributed by atoms with Gasteiger partial charge in [-0.25, -0.2) is 0 Å². The smallest absolute Gasteiger partial charge is 0.265 e. The summed E-state index contributed by atoms with van der Waals surface area (Å²) in [5, 5.41) is 2.73. The molecule has 0 aromatic heterocycles. The minimum Gasteiger partial charge on any atom is -0.478 e. The number of allylic oxidation sites excluding steroid dienone is 1. The van der Waals surface area contributed by atoms with Crippen LogP contribution in [0.3, 0.4) is 0 Å². The molecule has 0 radical (unpaired) electrons. The van der Waals surface area contributed by atoms with Crippen LogP contribution >= 0.6 is 0 Å². The molecule has 1 unspecified atom stereocenters. The van der Waals surface area contributed by atoms with Crippen LogP contribution in [0.15, 0.2) is 24.8 Å². The molecule has 0 spiro atoms. The number of fused-ring (bicyclic) bond motifs is 1. The van der Waals surface area contributed by atoms with Crippen molar-refractivity contribution < 1.29 is 14.3 Å². The lowest BCUT2D eigenvalue weighted by Gasteiger charge is -2.25. The fourth-order valence-corrected chi connectivity index (χ4v) is 1.79. The molecular weight excluding hydrogens is 218 g/mol. The molecule has 1 atom stereocenters. The van der Waals surface area contributed by atoms with Crippen LogP contribution in [0.4, 0.5) is 5.69 Å². The third kappa shape index (κ3) is 2.06. The van der Waals surface area contributed by atoms with Gasteiger partial charge in [-0.15, -0.1) is 6.58 Å². The van der Waals surface area contributed by atoms with Crippen molar-refractivity contribution in [2.24, 2.45) is 0 Å². The Bertz CT molecular complexity index is 476. The SMILES string of the molecule is C=CCc1cc(C=O)cc2c1OC(C)C(=O)N2. The van der Waals surface area contributed by atoms with Crippen LogP contribution in [0.1, 0.15) is 22.8 Å². The molecule has 4 heteroatoms. The molecule has 88 valence electrons. The Kier molecular flexibility index (Phi) is 2.95. The summed E-state index contributed by atoms with van der Waals surface area (Å²) < 4.78 is 5.55. The maximum atomic E-state index is 11.5. The standard InChI is InChI=1S/C13H13NO3/c1-3-4-10-5-9(7-15)6-11-12(10)17-8(2)13(16)14-11/h3,5-8H,1,4H2,2H3,(H,14,16). The Labute approximate surface area is 99.3 Å². The lowest BCUT2D eigenvalue weighted by molar-refractivity contribution is -0.122. The molecule has 0 fully saturated rings. The minimum atomic E-state index is -0.520. The van der Waals surface area contributed by atoms with Gasteiger partial charge in [0.1, 0.15) is 12.0 Å². The predicted molar refractivity (Wildman–Crippen MR) is 64.5 cm³/mol. The zero-order valence-electron chi connectivity index (χ0n) is 9.53. The van der Waals surface area contributed by atoms with Crippen LogP contribution in [0.5, 0.6) is 5.75 Å². The summed E-state index contributed by atoms with van der Waals surface area (Å²) in [6.07, 6.45) is 2.55. The average Bonchev–Trinajstić information content (AvgIpc) is 2.31. The number of carbonyl (C=O) groups is 2. The Hall–Kier alpha value is -2.10. The molecule has 1 N–H and O–H groups in total. The van der Waals surface area contributed by atoms with E-state index in [0.29, 0.717) is 23.4 Å². The number of rotatable bonds is 3. The van der Waals surface area contributed by atoms with Gasteiger partial charge in [0.25, 0.3) is 5.91 Å². The summed E-state index contributed by atoms with van der Waals surface area (Å²) >= 11 is 0. The molecule has 1 aromatic carbocycles. The van der Waals surface area contributed by atoms with Crippen molar-refractivity contribution in [3.8, 4) is 5.75 Å². The maximum absolute atomic E-state index is 11.5. The molecule has 1 amide bonds. The first-order valence-electron chi connectivity index (χ1n) is 5.36. The molecule has 17 heavy (non-hydrogen) atoms. The van der Waals surface area contributed by atoms with Crippen molar-refractivity contribution in [1.82, 2.24) is 0 Å². The first kappa shape index (κ1) is 11.4. The first-order chi connectivity index (χ1) is 8.15. The third-order valence-electron chi connectivity index (χ3n) is 2.61. The molecule has 1 aliphatic heterocycles. The predicted octanol–water partition coefficient (Wildman–Crippen LogP) is 1.95. The fourth-order valence-electron chi connectivity index (χ4n) is 1.79. The first-order valence-corrected chi connectivity index (χ1v) is 5.36. The van der Waals surface area contributed by atoms with Crippen LogP contribution in [-0.4, -0.2) is 18.3 Å². The van der Waals surface area contributed by atoms with E-state index < -0.39 is 6.10 Å². The summed E-state index contributed by atoms with van der Waals surface area (Å²) in [6.45, 7) is 5.35. The summed E-state index contributed by atoms with van der Waals surface area (Å²) in [7, 11) is 0. The van der Waals surface area contributed by atoms with Crippen molar-refractivity contribution in [3.05, 3.63) is 35.9 Å². The van der Waals surface area contributed by atoms with Gasteiger partial charge in [0.2, 0.25) is 0 Å². The minimum absolute atomic E-state index is 0.204. The summed E-state index contributed by atoms with van der Waals surface area (Å²) in [4.78, 5) is 22.3. The van der Waals surface area contributed by atoms with Crippen LogP contribution in [-0.2, 0) is 11.2 Å². The summed E-state index contributed by atoms with van der Waals surface area (Å²) in [6, 6.07) is 3.36. The fraction of sp³-hybridized carbons (Fsp3) is 0.231. The number of anilines is 1. The second-order valence-corrected chi connectivity index (χ2v) is 3.92. The number of aldehydes is 1. The van der Waals surface area contributed by atoms with E-state index in [9.17, 15) is 9.59 Å². The van der Waals surface area contributed by atoms with E-state index in [4.69, 9.17) is 4.74 Å². The highest BCUT2D eigenvalue weighted by atomic mass is 16.5. The van der Waals surface area contributed by atoms with Gasteiger partial charge in [-0.1, -0.05) is 6.08 Å². The van der Waals surface area contributed by atoms with Gasteiger partial charge >= 0.3 is 0 Å². The van der Waals surface area contributed by atoms with Gasteiger partial charge in [-0.3, -0.25) is 9.59 Å². The van der Waals surface area contributed by atoms with Crippen molar-refractivity contribution in [3.63, 3.8) is 0 Å². The number of benzene rings is 1. The summed E-state index contributed by atoms with van der Waals surface area (Å²) in [5.41, 5.74) is 1.92. The van der Waals surface area contributed by atoms with Crippen LogP contribution in [0.25, 0.3) is 0 Å². The Morgan fingerprint density at radius 1 is 1.53 bits per heavy atom. The van der Waals surface area contributed by atoms with Crippen molar-refractivity contribution in [2.45, 2.75) is 19.4 Å². The maximum Gasteiger partial charge on any atom is 0.265 e. The molecule has 2 rings (SSSR count). The highest BCUT2D eigenvalue weighted by Crippen LogP contribution is 2.34. The second-order valence-electron chi connectivity index (χ2n) is 3.92. The average molecular weight is 231 g/mol. The van der Waals surface area contributed by atoms with E-state index in [-0.39, 0.29) is 5.91 Å². The molecule has 0 saturated heterocycles. The van der Waals surface area contributed by atoms with Crippen molar-refractivity contribution >= 4 is 17.9 Å². The van der Waals surface area contributed by atoms with E-state index in [1.165, 1.54) is 0 Å². The molecule has 0 aliphatic carbocycles. The van der Waals surface area contributed by atoms with Gasteiger partial charge in [0, 0.05) is 11.1 Å². The normalized spacial score (nSPS) is 17.7. The lowest BCUT2D eigenvalue weighted by atomic mass is 10.0. The highest BCUT2D eigenvalue weighted by Gasteiger charge is 2.25. The summed E-state index contributed by atoms with van der Waals surface area (Å²) in [5.74, 6) is 0.424. The van der Waals surface area contributed by atoms with Crippen LogP contribution in [0.2, 0.25) is 0 Å². The second kappa shape index (κ2) is 4.41. The van der Waals surface area contributed by atoms with Gasteiger partial charge in [0.05, 0.1) is 5.69 Å². The molecule has 4 nitrogen and oxygen atoms in total. The van der Waals surface area contributed by atoms with Crippen molar-refractivity contribution in [2.75, 3.05) is 5.32 Å². The number of carbonyl (C=O) groups excluding carboxylic acids is 2. The number of ether oxygens (including phenoxy) is 1. The van der Waals surface area contributed by atoms with Gasteiger partial charge in [0.15, 0.2) is 6.10 Å². The molecular formula is C13H13NO3. The molecule has 1 aromatic rings. The van der Waals surface area contributed by atoms with E-state index in [1.807, 2.05) is 0 Å². The Morgan fingerprint density at radius 3 is 2.94 bits per heavy atom. The quantitative estimate of drug-likeness (QED) is 0.639. The van der Waals surface area contributed by atoms with E-state index in [1.54, 1.807) is 25.1 Å². The Balaban J connectivity index is 2.53. The largest absolute Gasteiger partial charge is 0.478 e. The zero-order chi connectivity index (χ0) is 12.4. The third-order valence-corrected chi connectivity index (χ3v) is 2.61. The number of hydrogen-bond donors (Lipinski definition) is 1. The van der Waals surface area contributed by atoms with Gasteiger partial charge < -0.3 is 10.1 Å². The zero-order valence-corrected chi connectivity index (χ0v) is 9.53. The highest BCUT2D eigenvalue weighted by molar-refractivity contribution is 5.98.